The van der Waals surface area contributed by atoms with Gasteiger partial charge in [0.1, 0.15) is 5.69 Å². The van der Waals surface area contributed by atoms with Crippen molar-refractivity contribution in [3.05, 3.63) is 47.9 Å². The number of anilines is 1. The molecule has 1 amide bonds. The van der Waals surface area contributed by atoms with Crippen LogP contribution in [-0.4, -0.2) is 23.0 Å². The molecule has 5 heteroatoms. The molecule has 0 aliphatic rings. The van der Waals surface area contributed by atoms with Crippen LogP contribution in [0.2, 0.25) is 0 Å². The summed E-state index contributed by atoms with van der Waals surface area (Å²) in [4.78, 5) is 20.4. The zero-order valence-corrected chi connectivity index (χ0v) is 13.7. The molecule has 2 heterocycles. The number of amides is 1. The molecule has 0 aliphatic carbocycles. The second kappa shape index (κ2) is 6.93. The number of hydrogen-bond donors (Lipinski definition) is 1. The van der Waals surface area contributed by atoms with Gasteiger partial charge in [-0.2, -0.15) is 0 Å². The van der Waals surface area contributed by atoms with Crippen molar-refractivity contribution in [2.75, 3.05) is 12.4 Å². The Morgan fingerprint density at radius 2 is 1.91 bits per heavy atom. The highest BCUT2D eigenvalue weighted by Crippen LogP contribution is 2.13. The van der Waals surface area contributed by atoms with E-state index in [4.69, 9.17) is 4.74 Å². The second-order valence-electron chi connectivity index (χ2n) is 5.98. The van der Waals surface area contributed by atoms with Crippen molar-refractivity contribution in [3.63, 3.8) is 0 Å². The highest BCUT2D eigenvalue weighted by atomic mass is 16.5. The normalized spacial score (nSPS) is 10.4. The molecule has 0 atom stereocenters. The molecule has 5 nitrogen and oxygen atoms in total. The van der Waals surface area contributed by atoms with Crippen LogP contribution in [-0.2, 0) is 0 Å². The van der Waals surface area contributed by atoms with E-state index in [9.17, 15) is 4.79 Å². The molecule has 0 aromatic carbocycles. The molecule has 0 spiro atoms. The summed E-state index contributed by atoms with van der Waals surface area (Å²) in [6.45, 7) is 6.10. The van der Waals surface area contributed by atoms with Crippen molar-refractivity contribution in [1.29, 1.82) is 0 Å². The Morgan fingerprint density at radius 3 is 2.43 bits per heavy atom. The van der Waals surface area contributed by atoms with E-state index in [1.165, 1.54) is 19.5 Å². The minimum absolute atomic E-state index is 0.0842. The molecule has 2 rings (SSSR count). The summed E-state index contributed by atoms with van der Waals surface area (Å²) in [5.74, 6) is 6.34. The first-order chi connectivity index (χ1) is 10.9. The fraction of sp³-hybridized carbons (Fsp3) is 0.278. The van der Waals surface area contributed by atoms with Gasteiger partial charge in [-0.05, 0) is 44.9 Å². The topological polar surface area (TPSA) is 64.1 Å². The Hall–Kier alpha value is -2.87. The Kier molecular flexibility index (Phi) is 4.97. The number of rotatable bonds is 3. The van der Waals surface area contributed by atoms with Crippen molar-refractivity contribution in [2.45, 2.75) is 20.8 Å². The summed E-state index contributed by atoms with van der Waals surface area (Å²) >= 11 is 0. The smallest absolute Gasteiger partial charge is 0.257 e. The highest BCUT2D eigenvalue weighted by molar-refractivity contribution is 6.03. The molecule has 0 saturated carbocycles. The summed E-state index contributed by atoms with van der Waals surface area (Å²) in [7, 11) is 1.54. The lowest BCUT2D eigenvalue weighted by atomic mass is 9.98. The summed E-state index contributed by atoms with van der Waals surface area (Å²) in [6, 6.07) is 6.84. The van der Waals surface area contributed by atoms with Crippen LogP contribution >= 0.6 is 0 Å². The standard InChI is InChI=1S/C18H19N3O2/c1-18(2,3)10-9-14-6-5-13(11-19-14)17(22)21-15-7-8-16(23-4)20-12-15/h5-8,11-12H,1-4H3,(H,21,22). The minimum atomic E-state index is -0.250. The van der Waals surface area contributed by atoms with E-state index >= 15 is 0 Å². The predicted octanol–water partition coefficient (Wildman–Crippen LogP) is 3.14. The second-order valence-corrected chi connectivity index (χ2v) is 5.98. The third kappa shape index (κ3) is 5.11. The molecule has 0 aliphatic heterocycles. The molecule has 1 N–H and O–H groups in total. The molecule has 0 saturated heterocycles. The fourth-order valence-electron chi connectivity index (χ4n) is 1.63. The van der Waals surface area contributed by atoms with Crippen molar-refractivity contribution in [1.82, 2.24) is 9.97 Å². The van der Waals surface area contributed by atoms with E-state index in [1.54, 1.807) is 24.3 Å². The van der Waals surface area contributed by atoms with Crippen LogP contribution < -0.4 is 10.1 Å². The number of hydrogen-bond acceptors (Lipinski definition) is 4. The quantitative estimate of drug-likeness (QED) is 0.885. The average Bonchev–Trinajstić information content (AvgIpc) is 2.53. The first-order valence-corrected chi connectivity index (χ1v) is 7.18. The fourth-order valence-corrected chi connectivity index (χ4v) is 1.63. The molecule has 0 unspecified atom stereocenters. The van der Waals surface area contributed by atoms with Crippen LogP contribution in [0.1, 0.15) is 36.8 Å². The van der Waals surface area contributed by atoms with Crippen LogP contribution in [0.5, 0.6) is 5.88 Å². The van der Waals surface area contributed by atoms with E-state index in [-0.39, 0.29) is 11.3 Å². The van der Waals surface area contributed by atoms with Gasteiger partial charge in [0.05, 0.1) is 24.6 Å². The van der Waals surface area contributed by atoms with Crippen LogP contribution in [0.15, 0.2) is 36.7 Å². The zero-order chi connectivity index (χ0) is 16.9. The van der Waals surface area contributed by atoms with Crippen molar-refractivity contribution >= 4 is 11.6 Å². The number of nitrogens with zero attached hydrogens (tertiary/aromatic N) is 2. The monoisotopic (exact) mass is 309 g/mol. The van der Waals surface area contributed by atoms with Crippen LogP contribution in [0.4, 0.5) is 5.69 Å². The Morgan fingerprint density at radius 1 is 1.13 bits per heavy atom. The molecule has 118 valence electrons. The first-order valence-electron chi connectivity index (χ1n) is 7.18. The maximum atomic E-state index is 12.2. The van der Waals surface area contributed by atoms with E-state index in [1.807, 2.05) is 20.8 Å². The third-order valence-electron chi connectivity index (χ3n) is 2.79. The van der Waals surface area contributed by atoms with Gasteiger partial charge in [-0.15, -0.1) is 0 Å². The van der Waals surface area contributed by atoms with Crippen LogP contribution in [0.3, 0.4) is 0 Å². The van der Waals surface area contributed by atoms with Gasteiger partial charge < -0.3 is 10.1 Å². The predicted molar refractivity (Wildman–Crippen MR) is 89.3 cm³/mol. The lowest BCUT2D eigenvalue weighted by molar-refractivity contribution is 0.102. The Bertz CT molecular complexity index is 733. The van der Waals surface area contributed by atoms with Crippen molar-refractivity contribution < 1.29 is 9.53 Å². The summed E-state index contributed by atoms with van der Waals surface area (Å²) in [5, 5.41) is 2.75. The average molecular weight is 309 g/mol. The first kappa shape index (κ1) is 16.5. The number of aromatic nitrogens is 2. The van der Waals surface area contributed by atoms with Gasteiger partial charge in [-0.3, -0.25) is 4.79 Å². The minimum Gasteiger partial charge on any atom is -0.481 e. The van der Waals surface area contributed by atoms with Crippen molar-refractivity contribution in [3.8, 4) is 17.7 Å². The molecule has 0 fully saturated rings. The number of carbonyl (C=O) groups is 1. The largest absolute Gasteiger partial charge is 0.481 e. The molecule has 2 aromatic heterocycles. The highest BCUT2D eigenvalue weighted by Gasteiger charge is 2.07. The Labute approximate surface area is 136 Å². The third-order valence-corrected chi connectivity index (χ3v) is 2.79. The number of nitrogens with one attached hydrogen (secondary N) is 1. The lowest BCUT2D eigenvalue weighted by Gasteiger charge is -2.07. The number of ether oxygens (including phenoxy) is 1. The lowest BCUT2D eigenvalue weighted by Crippen LogP contribution is -2.12. The van der Waals surface area contributed by atoms with Crippen molar-refractivity contribution in [2.24, 2.45) is 5.41 Å². The van der Waals surface area contributed by atoms with E-state index < -0.39 is 0 Å². The summed E-state index contributed by atoms with van der Waals surface area (Å²) in [6.07, 6.45) is 3.05. The summed E-state index contributed by atoms with van der Waals surface area (Å²) < 4.78 is 4.97. The maximum absolute atomic E-state index is 12.2. The molecule has 0 radical (unpaired) electrons. The zero-order valence-electron chi connectivity index (χ0n) is 13.7. The molecule has 2 aromatic rings. The van der Waals surface area contributed by atoms with Gasteiger partial charge in [0.25, 0.3) is 5.91 Å². The number of methoxy groups -OCH3 is 1. The van der Waals surface area contributed by atoms with Crippen LogP contribution in [0, 0.1) is 17.3 Å². The van der Waals surface area contributed by atoms with E-state index in [0.717, 1.165) is 0 Å². The SMILES string of the molecule is COc1ccc(NC(=O)c2ccc(C#CC(C)(C)C)nc2)cn1. The van der Waals surface area contributed by atoms with Gasteiger partial charge in [0.15, 0.2) is 0 Å². The summed E-state index contributed by atoms with van der Waals surface area (Å²) in [5.41, 5.74) is 1.61. The van der Waals surface area contributed by atoms with Gasteiger partial charge >= 0.3 is 0 Å². The molecular weight excluding hydrogens is 290 g/mol. The maximum Gasteiger partial charge on any atom is 0.257 e. The number of carbonyl (C=O) groups excluding carboxylic acids is 1. The number of pyridine rings is 2. The van der Waals surface area contributed by atoms with Crippen LogP contribution in [0.25, 0.3) is 0 Å². The van der Waals surface area contributed by atoms with Gasteiger partial charge in [-0.25, -0.2) is 9.97 Å². The van der Waals surface area contributed by atoms with Gasteiger partial charge in [0, 0.05) is 17.7 Å². The van der Waals surface area contributed by atoms with Gasteiger partial charge in [-0.1, -0.05) is 5.92 Å². The van der Waals surface area contributed by atoms with E-state index in [0.29, 0.717) is 22.8 Å². The van der Waals surface area contributed by atoms with Gasteiger partial charge in [0.2, 0.25) is 5.88 Å². The van der Waals surface area contributed by atoms with E-state index in [2.05, 4.69) is 27.1 Å². The molecule has 0 bridgehead atoms. The molecule has 23 heavy (non-hydrogen) atoms. The molecular formula is C18H19N3O2. The Balaban J connectivity index is 2.06.